The minimum absolute atomic E-state index is 0.273. The quantitative estimate of drug-likeness (QED) is 0.782. The van der Waals surface area contributed by atoms with Crippen LogP contribution in [0.25, 0.3) is 0 Å². The monoisotopic (exact) mass is 315 g/mol. The topological polar surface area (TPSA) is 48.6 Å². The molecule has 0 aliphatic rings. The van der Waals surface area contributed by atoms with Gasteiger partial charge in [0, 0.05) is 17.5 Å². The second-order valence-electron chi connectivity index (χ2n) is 4.65. The van der Waals surface area contributed by atoms with Crippen LogP contribution in [-0.2, 0) is 0 Å². The third kappa shape index (κ3) is 5.58. The summed E-state index contributed by atoms with van der Waals surface area (Å²) in [5.74, 6) is -0.276. The summed E-state index contributed by atoms with van der Waals surface area (Å²) < 4.78 is 12.7. The molecular formula is C17H15ClFN3. The summed E-state index contributed by atoms with van der Waals surface area (Å²) in [6.07, 6.45) is 3.32. The first-order chi connectivity index (χ1) is 10.6. The largest absolute Gasteiger partial charge is 0.306 e. The van der Waals surface area contributed by atoms with Crippen molar-refractivity contribution in [1.82, 2.24) is 0 Å². The first-order valence-electron chi connectivity index (χ1n) is 6.70. The predicted octanol–water partition coefficient (Wildman–Crippen LogP) is 4.04. The Labute approximate surface area is 133 Å². The van der Waals surface area contributed by atoms with Crippen molar-refractivity contribution in [2.45, 2.75) is 0 Å². The number of aliphatic imine (C=N–C) groups is 2. The number of rotatable bonds is 6. The van der Waals surface area contributed by atoms with Gasteiger partial charge in [0.1, 0.15) is 5.82 Å². The molecule has 0 bridgehead atoms. The number of hydrogen-bond acceptors (Lipinski definition) is 3. The fourth-order valence-electron chi connectivity index (χ4n) is 1.67. The maximum Gasteiger partial charge on any atom is 0.123 e. The lowest BCUT2D eigenvalue weighted by Gasteiger charge is -1.97. The number of benzene rings is 2. The molecule has 112 valence electrons. The molecule has 3 nitrogen and oxygen atoms in total. The summed E-state index contributed by atoms with van der Waals surface area (Å²) in [6, 6.07) is 13.3. The fraction of sp³-hybridized carbons (Fsp3) is 0.118. The van der Waals surface area contributed by atoms with E-state index >= 15 is 0 Å². The van der Waals surface area contributed by atoms with Crippen LogP contribution in [0.4, 0.5) is 4.39 Å². The van der Waals surface area contributed by atoms with E-state index in [1.54, 1.807) is 36.7 Å². The van der Waals surface area contributed by atoms with Crippen molar-refractivity contribution >= 4 is 29.7 Å². The molecule has 0 radical (unpaired) electrons. The minimum atomic E-state index is -0.276. The molecule has 0 aromatic heterocycles. The van der Waals surface area contributed by atoms with Crippen LogP contribution < -0.4 is 0 Å². The highest BCUT2D eigenvalue weighted by molar-refractivity contribution is 6.30. The van der Waals surface area contributed by atoms with E-state index in [4.69, 9.17) is 17.0 Å². The Bertz CT molecular complexity index is 617. The van der Waals surface area contributed by atoms with Crippen molar-refractivity contribution in [1.29, 1.82) is 5.41 Å². The molecule has 0 aliphatic carbocycles. The van der Waals surface area contributed by atoms with E-state index in [1.165, 1.54) is 12.1 Å². The first-order valence-corrected chi connectivity index (χ1v) is 7.08. The normalized spacial score (nSPS) is 11.4. The van der Waals surface area contributed by atoms with Gasteiger partial charge in [-0.3, -0.25) is 9.98 Å². The molecule has 1 N–H and O–H groups in total. The van der Waals surface area contributed by atoms with Crippen molar-refractivity contribution in [3.8, 4) is 0 Å². The Kier molecular flexibility index (Phi) is 5.98. The molecule has 0 spiro atoms. The Hall–Kier alpha value is -2.33. The molecule has 5 heteroatoms. The van der Waals surface area contributed by atoms with E-state index in [0.29, 0.717) is 17.3 Å². The van der Waals surface area contributed by atoms with Gasteiger partial charge in [-0.15, -0.1) is 0 Å². The molecule has 0 amide bonds. The van der Waals surface area contributed by atoms with Crippen molar-refractivity contribution in [2.75, 3.05) is 13.1 Å². The number of halogens is 2. The highest BCUT2D eigenvalue weighted by atomic mass is 35.5. The van der Waals surface area contributed by atoms with Gasteiger partial charge in [-0.05, 0) is 35.4 Å². The van der Waals surface area contributed by atoms with E-state index in [9.17, 15) is 4.39 Å². The van der Waals surface area contributed by atoms with Crippen molar-refractivity contribution in [3.05, 3.63) is 70.5 Å². The Morgan fingerprint density at radius 1 is 0.909 bits per heavy atom. The van der Waals surface area contributed by atoms with Gasteiger partial charge in [0.25, 0.3) is 0 Å². The lowest BCUT2D eigenvalue weighted by molar-refractivity contribution is 0.628. The fourth-order valence-corrected chi connectivity index (χ4v) is 1.80. The zero-order valence-corrected chi connectivity index (χ0v) is 12.6. The SMILES string of the molecule is N=C(CN=Cc1ccc(F)cc1)CN=Cc1ccc(Cl)cc1. The molecule has 0 unspecified atom stereocenters. The van der Waals surface area contributed by atoms with Crippen molar-refractivity contribution in [2.24, 2.45) is 9.98 Å². The molecule has 2 rings (SSSR count). The molecule has 0 heterocycles. The molecule has 0 saturated heterocycles. The summed E-state index contributed by atoms with van der Waals surface area (Å²) in [5.41, 5.74) is 2.15. The number of nitrogens with one attached hydrogen (secondary N) is 1. The first kappa shape index (κ1) is 16.0. The van der Waals surface area contributed by atoms with Gasteiger partial charge in [0.2, 0.25) is 0 Å². The average Bonchev–Trinajstić information content (AvgIpc) is 2.51. The van der Waals surface area contributed by atoms with Gasteiger partial charge in [0.05, 0.1) is 18.8 Å². The van der Waals surface area contributed by atoms with E-state index in [1.807, 2.05) is 12.1 Å². The van der Waals surface area contributed by atoms with E-state index in [0.717, 1.165) is 11.1 Å². The Morgan fingerprint density at radius 2 is 1.36 bits per heavy atom. The zero-order valence-electron chi connectivity index (χ0n) is 11.8. The van der Waals surface area contributed by atoms with Gasteiger partial charge < -0.3 is 5.41 Å². The Balaban J connectivity index is 1.78. The van der Waals surface area contributed by atoms with Gasteiger partial charge in [-0.25, -0.2) is 4.39 Å². The van der Waals surface area contributed by atoms with Gasteiger partial charge in [-0.1, -0.05) is 35.9 Å². The van der Waals surface area contributed by atoms with Crippen molar-refractivity contribution < 1.29 is 4.39 Å². The summed E-state index contributed by atoms with van der Waals surface area (Å²) in [6.45, 7) is 0.568. The van der Waals surface area contributed by atoms with Crippen LogP contribution in [0.15, 0.2) is 58.5 Å². The van der Waals surface area contributed by atoms with E-state index < -0.39 is 0 Å². The molecule has 0 saturated carbocycles. The highest BCUT2D eigenvalue weighted by Crippen LogP contribution is 2.07. The van der Waals surface area contributed by atoms with Crippen LogP contribution in [0, 0.1) is 11.2 Å². The summed E-state index contributed by atoms with van der Waals surface area (Å²) >= 11 is 5.80. The van der Waals surface area contributed by atoms with Crippen LogP contribution in [0.5, 0.6) is 0 Å². The van der Waals surface area contributed by atoms with Crippen LogP contribution in [-0.4, -0.2) is 31.2 Å². The van der Waals surface area contributed by atoms with Gasteiger partial charge in [-0.2, -0.15) is 0 Å². The van der Waals surface area contributed by atoms with Crippen molar-refractivity contribution in [3.63, 3.8) is 0 Å². The molecular weight excluding hydrogens is 301 g/mol. The van der Waals surface area contributed by atoms with Crippen LogP contribution >= 0.6 is 11.6 Å². The van der Waals surface area contributed by atoms with Crippen LogP contribution in [0.3, 0.4) is 0 Å². The maximum absolute atomic E-state index is 12.7. The minimum Gasteiger partial charge on any atom is -0.306 e. The molecule has 0 atom stereocenters. The molecule has 2 aromatic rings. The van der Waals surface area contributed by atoms with Crippen LogP contribution in [0.1, 0.15) is 11.1 Å². The number of nitrogens with zero attached hydrogens (tertiary/aromatic N) is 2. The third-order valence-corrected chi connectivity index (χ3v) is 3.04. The number of hydrogen-bond donors (Lipinski definition) is 1. The molecule has 2 aromatic carbocycles. The lowest BCUT2D eigenvalue weighted by Crippen LogP contribution is -2.06. The third-order valence-electron chi connectivity index (χ3n) is 2.79. The zero-order chi connectivity index (χ0) is 15.8. The predicted molar refractivity (Wildman–Crippen MR) is 90.5 cm³/mol. The van der Waals surface area contributed by atoms with E-state index in [2.05, 4.69) is 9.98 Å². The molecule has 0 fully saturated rings. The summed E-state index contributed by atoms with van der Waals surface area (Å²) in [7, 11) is 0. The summed E-state index contributed by atoms with van der Waals surface area (Å²) in [4.78, 5) is 8.34. The highest BCUT2D eigenvalue weighted by Gasteiger charge is 1.94. The second kappa shape index (κ2) is 8.20. The molecule has 0 aliphatic heterocycles. The standard InChI is InChI=1S/C17H15ClFN3/c18-15-5-1-13(2-6-15)9-21-11-17(20)12-22-10-14-3-7-16(19)8-4-14/h1-10,20H,11-12H2. The summed E-state index contributed by atoms with van der Waals surface area (Å²) in [5, 5.41) is 8.46. The van der Waals surface area contributed by atoms with E-state index in [-0.39, 0.29) is 12.4 Å². The molecule has 22 heavy (non-hydrogen) atoms. The van der Waals surface area contributed by atoms with Gasteiger partial charge >= 0.3 is 0 Å². The second-order valence-corrected chi connectivity index (χ2v) is 5.08. The van der Waals surface area contributed by atoms with Crippen LogP contribution in [0.2, 0.25) is 5.02 Å². The lowest BCUT2D eigenvalue weighted by atomic mass is 10.2. The maximum atomic E-state index is 12.7. The Morgan fingerprint density at radius 3 is 1.86 bits per heavy atom. The smallest absolute Gasteiger partial charge is 0.123 e. The average molecular weight is 316 g/mol. The van der Waals surface area contributed by atoms with Gasteiger partial charge in [0.15, 0.2) is 0 Å².